The van der Waals surface area contributed by atoms with E-state index in [1.165, 1.54) is 0 Å². The summed E-state index contributed by atoms with van der Waals surface area (Å²) in [6, 6.07) is 7.80. The molecule has 19 heavy (non-hydrogen) atoms. The number of halogens is 1. The molecule has 1 N–H and O–H groups in total. The van der Waals surface area contributed by atoms with Crippen molar-refractivity contribution in [2.75, 3.05) is 11.9 Å². The molecule has 2 unspecified atom stereocenters. The average molecular weight is 277 g/mol. The maximum atomic E-state index is 6.01. The van der Waals surface area contributed by atoms with Crippen LogP contribution in [0.15, 0.2) is 30.5 Å². The number of ether oxygens (including phenoxy) is 1. The van der Waals surface area contributed by atoms with Crippen molar-refractivity contribution in [2.24, 2.45) is 0 Å². The SMILES string of the molecule is CC1OCCC1(C)Nc1ccnc2cc(Cl)ccc12. The minimum absolute atomic E-state index is 0.0338. The first-order valence-electron chi connectivity index (χ1n) is 6.52. The van der Waals surface area contributed by atoms with Gasteiger partial charge < -0.3 is 10.1 Å². The van der Waals surface area contributed by atoms with Crippen molar-refractivity contribution in [1.82, 2.24) is 4.98 Å². The Bertz CT molecular complexity index is 616. The quantitative estimate of drug-likeness (QED) is 0.904. The maximum absolute atomic E-state index is 6.01. The molecule has 4 heteroatoms. The summed E-state index contributed by atoms with van der Waals surface area (Å²) >= 11 is 6.01. The van der Waals surface area contributed by atoms with Gasteiger partial charge in [-0.1, -0.05) is 11.6 Å². The molecular formula is C15H17ClN2O. The van der Waals surface area contributed by atoms with E-state index in [-0.39, 0.29) is 11.6 Å². The number of rotatable bonds is 2. The van der Waals surface area contributed by atoms with E-state index >= 15 is 0 Å². The van der Waals surface area contributed by atoms with Crippen LogP contribution in [0, 0.1) is 0 Å². The summed E-state index contributed by atoms with van der Waals surface area (Å²) in [4.78, 5) is 4.36. The number of fused-ring (bicyclic) bond motifs is 1. The van der Waals surface area contributed by atoms with Crippen molar-refractivity contribution in [3.8, 4) is 0 Å². The first-order chi connectivity index (χ1) is 9.08. The lowest BCUT2D eigenvalue weighted by Gasteiger charge is -2.30. The molecule has 0 spiro atoms. The summed E-state index contributed by atoms with van der Waals surface area (Å²) in [5.41, 5.74) is 1.96. The molecule has 0 saturated carbocycles. The van der Waals surface area contributed by atoms with Gasteiger partial charge in [-0.25, -0.2) is 0 Å². The van der Waals surface area contributed by atoms with Gasteiger partial charge in [0.05, 0.1) is 17.2 Å². The van der Waals surface area contributed by atoms with Crippen LogP contribution in [-0.2, 0) is 4.74 Å². The molecule has 3 nitrogen and oxygen atoms in total. The van der Waals surface area contributed by atoms with Gasteiger partial charge in [0.25, 0.3) is 0 Å². The van der Waals surface area contributed by atoms with Gasteiger partial charge in [-0.15, -0.1) is 0 Å². The molecule has 2 atom stereocenters. The van der Waals surface area contributed by atoms with Crippen LogP contribution in [0.4, 0.5) is 5.69 Å². The van der Waals surface area contributed by atoms with Crippen LogP contribution in [0.3, 0.4) is 0 Å². The standard InChI is InChI=1S/C15H17ClN2O/c1-10-15(2,6-8-19-10)18-13-5-7-17-14-9-11(16)3-4-12(13)14/h3-5,7,9-10H,6,8H2,1-2H3,(H,17,18). The summed E-state index contributed by atoms with van der Waals surface area (Å²) in [5.74, 6) is 0. The van der Waals surface area contributed by atoms with Gasteiger partial charge >= 0.3 is 0 Å². The maximum Gasteiger partial charge on any atom is 0.0774 e. The van der Waals surface area contributed by atoms with Crippen molar-refractivity contribution in [1.29, 1.82) is 0 Å². The zero-order chi connectivity index (χ0) is 13.5. The molecule has 1 aliphatic rings. The summed E-state index contributed by atoms with van der Waals surface area (Å²) in [6.07, 6.45) is 3.01. The molecule has 1 fully saturated rings. The highest BCUT2D eigenvalue weighted by molar-refractivity contribution is 6.31. The monoisotopic (exact) mass is 276 g/mol. The lowest BCUT2D eigenvalue weighted by molar-refractivity contribution is 0.105. The van der Waals surface area contributed by atoms with E-state index in [0.29, 0.717) is 5.02 Å². The number of hydrogen-bond donors (Lipinski definition) is 1. The third-order valence-corrected chi connectivity index (χ3v) is 4.25. The normalized spacial score (nSPS) is 26.8. The van der Waals surface area contributed by atoms with Gasteiger partial charge in [0, 0.05) is 28.9 Å². The van der Waals surface area contributed by atoms with Crippen LogP contribution in [0.25, 0.3) is 10.9 Å². The van der Waals surface area contributed by atoms with E-state index in [1.807, 2.05) is 30.5 Å². The number of aromatic nitrogens is 1. The summed E-state index contributed by atoms with van der Waals surface area (Å²) in [7, 11) is 0. The van der Waals surface area contributed by atoms with Crippen LogP contribution in [0.5, 0.6) is 0 Å². The Morgan fingerprint density at radius 1 is 1.42 bits per heavy atom. The van der Waals surface area contributed by atoms with E-state index in [1.54, 1.807) is 0 Å². The lowest BCUT2D eigenvalue weighted by Crippen LogP contribution is -2.41. The molecular weight excluding hydrogens is 260 g/mol. The second kappa shape index (κ2) is 4.66. The number of nitrogens with one attached hydrogen (secondary N) is 1. The molecule has 0 amide bonds. The van der Waals surface area contributed by atoms with Crippen LogP contribution < -0.4 is 5.32 Å². The molecule has 3 rings (SSSR count). The van der Waals surface area contributed by atoms with Gasteiger partial charge in [0.1, 0.15) is 0 Å². The predicted octanol–water partition coefficient (Wildman–Crippen LogP) is 3.87. The molecule has 100 valence electrons. The van der Waals surface area contributed by atoms with Gasteiger partial charge in [0.2, 0.25) is 0 Å². The molecule has 1 aromatic carbocycles. The third-order valence-electron chi connectivity index (χ3n) is 4.01. The molecule has 2 aromatic rings. The Kier molecular flexibility index (Phi) is 3.11. The minimum Gasteiger partial charge on any atom is -0.377 e. The summed E-state index contributed by atoms with van der Waals surface area (Å²) in [6.45, 7) is 5.12. The zero-order valence-corrected chi connectivity index (χ0v) is 11.9. The molecule has 2 heterocycles. The molecule has 0 aliphatic carbocycles. The van der Waals surface area contributed by atoms with E-state index in [9.17, 15) is 0 Å². The third kappa shape index (κ3) is 2.28. The fourth-order valence-electron chi connectivity index (χ4n) is 2.54. The second-order valence-electron chi connectivity index (χ2n) is 5.33. The smallest absolute Gasteiger partial charge is 0.0774 e. The summed E-state index contributed by atoms with van der Waals surface area (Å²) < 4.78 is 5.67. The van der Waals surface area contributed by atoms with E-state index in [0.717, 1.165) is 29.6 Å². The van der Waals surface area contributed by atoms with Crippen LogP contribution in [-0.4, -0.2) is 23.2 Å². The van der Waals surface area contributed by atoms with Crippen molar-refractivity contribution in [2.45, 2.75) is 31.9 Å². The number of hydrogen-bond acceptors (Lipinski definition) is 3. The Morgan fingerprint density at radius 2 is 2.26 bits per heavy atom. The number of nitrogens with zero attached hydrogens (tertiary/aromatic N) is 1. The minimum atomic E-state index is -0.0338. The Morgan fingerprint density at radius 3 is 3.00 bits per heavy atom. The van der Waals surface area contributed by atoms with Gasteiger partial charge in [-0.2, -0.15) is 0 Å². The van der Waals surface area contributed by atoms with Gasteiger partial charge in [-0.3, -0.25) is 4.98 Å². The molecule has 0 bridgehead atoms. The topological polar surface area (TPSA) is 34.1 Å². The highest BCUT2D eigenvalue weighted by Gasteiger charge is 2.37. The van der Waals surface area contributed by atoms with E-state index in [4.69, 9.17) is 16.3 Å². The number of pyridine rings is 1. The zero-order valence-electron chi connectivity index (χ0n) is 11.1. The fraction of sp³-hybridized carbons (Fsp3) is 0.400. The van der Waals surface area contributed by atoms with Gasteiger partial charge in [-0.05, 0) is 44.5 Å². The first kappa shape index (κ1) is 12.7. The van der Waals surface area contributed by atoms with E-state index in [2.05, 4.69) is 24.1 Å². The lowest BCUT2D eigenvalue weighted by atomic mass is 9.94. The van der Waals surface area contributed by atoms with Crippen molar-refractivity contribution in [3.63, 3.8) is 0 Å². The predicted molar refractivity (Wildman–Crippen MR) is 78.8 cm³/mol. The molecule has 1 aromatic heterocycles. The summed E-state index contributed by atoms with van der Waals surface area (Å²) in [5, 5.41) is 5.42. The Hall–Kier alpha value is -1.32. The molecule has 0 radical (unpaired) electrons. The van der Waals surface area contributed by atoms with Crippen molar-refractivity contribution in [3.05, 3.63) is 35.5 Å². The average Bonchev–Trinajstić information content (AvgIpc) is 2.69. The van der Waals surface area contributed by atoms with E-state index < -0.39 is 0 Å². The highest BCUT2D eigenvalue weighted by atomic mass is 35.5. The van der Waals surface area contributed by atoms with Gasteiger partial charge in [0.15, 0.2) is 0 Å². The highest BCUT2D eigenvalue weighted by Crippen LogP contribution is 2.32. The van der Waals surface area contributed by atoms with Crippen molar-refractivity contribution < 1.29 is 4.74 Å². The van der Waals surface area contributed by atoms with Crippen molar-refractivity contribution >= 4 is 28.2 Å². The Labute approximate surface area is 117 Å². The van der Waals surface area contributed by atoms with Crippen LogP contribution >= 0.6 is 11.6 Å². The number of anilines is 1. The van der Waals surface area contributed by atoms with Crippen LogP contribution in [0.2, 0.25) is 5.02 Å². The first-order valence-corrected chi connectivity index (χ1v) is 6.90. The molecule has 1 saturated heterocycles. The van der Waals surface area contributed by atoms with Crippen LogP contribution in [0.1, 0.15) is 20.3 Å². The largest absolute Gasteiger partial charge is 0.377 e. The number of benzene rings is 1. The Balaban J connectivity index is 2.01. The second-order valence-corrected chi connectivity index (χ2v) is 5.76. The molecule has 1 aliphatic heterocycles. The fourth-order valence-corrected chi connectivity index (χ4v) is 2.70.